The summed E-state index contributed by atoms with van der Waals surface area (Å²) in [5, 5.41) is 1.17. The summed E-state index contributed by atoms with van der Waals surface area (Å²) in [5.41, 5.74) is -0.174. The lowest BCUT2D eigenvalue weighted by Crippen LogP contribution is -2.54. The SMILES string of the molecule is CO[Si](C)(OC(C)(C)C)c1ccccc1. The van der Waals surface area contributed by atoms with E-state index < -0.39 is 8.56 Å². The minimum absolute atomic E-state index is 0.174. The Morgan fingerprint density at radius 2 is 1.60 bits per heavy atom. The van der Waals surface area contributed by atoms with Crippen LogP contribution in [0.3, 0.4) is 0 Å². The number of benzene rings is 1. The van der Waals surface area contributed by atoms with Crippen LogP contribution in [0.25, 0.3) is 0 Å². The van der Waals surface area contributed by atoms with Crippen molar-refractivity contribution in [1.82, 2.24) is 0 Å². The van der Waals surface area contributed by atoms with Crippen LogP contribution in [0.2, 0.25) is 6.55 Å². The van der Waals surface area contributed by atoms with Crippen LogP contribution in [0.15, 0.2) is 30.3 Å². The van der Waals surface area contributed by atoms with Gasteiger partial charge in [0.15, 0.2) is 0 Å². The van der Waals surface area contributed by atoms with Crippen molar-refractivity contribution in [1.29, 1.82) is 0 Å². The Labute approximate surface area is 93.5 Å². The molecule has 1 rings (SSSR count). The van der Waals surface area contributed by atoms with Crippen molar-refractivity contribution in [3.05, 3.63) is 30.3 Å². The molecule has 0 heterocycles. The third-order valence-corrected chi connectivity index (χ3v) is 5.35. The quantitative estimate of drug-likeness (QED) is 0.734. The van der Waals surface area contributed by atoms with E-state index in [2.05, 4.69) is 39.5 Å². The molecule has 1 aromatic carbocycles. The highest BCUT2D eigenvalue weighted by Crippen LogP contribution is 2.17. The van der Waals surface area contributed by atoms with Crippen molar-refractivity contribution >= 4 is 13.7 Å². The van der Waals surface area contributed by atoms with Gasteiger partial charge in [-0.05, 0) is 32.5 Å². The molecular weight excluding hydrogens is 204 g/mol. The van der Waals surface area contributed by atoms with Crippen LogP contribution in [-0.2, 0) is 8.85 Å². The number of hydrogen-bond acceptors (Lipinski definition) is 2. The van der Waals surface area contributed by atoms with Crippen molar-refractivity contribution in [3.8, 4) is 0 Å². The Balaban J connectivity index is 2.96. The van der Waals surface area contributed by atoms with Crippen LogP contribution >= 0.6 is 0 Å². The molecule has 1 atom stereocenters. The molecule has 3 heteroatoms. The third-order valence-electron chi connectivity index (χ3n) is 2.19. The van der Waals surface area contributed by atoms with Crippen molar-refractivity contribution in [2.45, 2.75) is 32.9 Å². The highest BCUT2D eigenvalue weighted by atomic mass is 28.4. The van der Waals surface area contributed by atoms with Gasteiger partial charge >= 0.3 is 8.56 Å². The Kier molecular flexibility index (Phi) is 3.70. The normalized spacial score (nSPS) is 16.1. The lowest BCUT2D eigenvalue weighted by molar-refractivity contribution is 0.0840. The van der Waals surface area contributed by atoms with Gasteiger partial charge < -0.3 is 8.85 Å². The van der Waals surface area contributed by atoms with Crippen LogP contribution < -0.4 is 5.19 Å². The summed E-state index contributed by atoms with van der Waals surface area (Å²) in [6, 6.07) is 10.2. The van der Waals surface area contributed by atoms with Crippen molar-refractivity contribution in [3.63, 3.8) is 0 Å². The molecule has 0 spiro atoms. The van der Waals surface area contributed by atoms with Gasteiger partial charge in [0.25, 0.3) is 0 Å². The molecule has 0 aliphatic heterocycles. The Hall–Kier alpha value is -0.643. The first-order valence-corrected chi connectivity index (χ1v) is 7.50. The Morgan fingerprint density at radius 1 is 1.07 bits per heavy atom. The molecule has 2 nitrogen and oxygen atoms in total. The maximum absolute atomic E-state index is 6.08. The molecule has 0 saturated heterocycles. The van der Waals surface area contributed by atoms with Gasteiger partial charge in [-0.25, -0.2) is 0 Å². The summed E-state index contributed by atoms with van der Waals surface area (Å²) in [6.07, 6.45) is 0. The van der Waals surface area contributed by atoms with Crippen LogP contribution in [0.1, 0.15) is 20.8 Å². The standard InChI is InChI=1S/C12H20O2Si/c1-12(2,3)14-15(5,13-4)11-9-7-6-8-10-11/h6-10H,1-5H3. The summed E-state index contributed by atoms with van der Waals surface area (Å²) < 4.78 is 11.7. The maximum atomic E-state index is 6.08. The molecule has 0 bridgehead atoms. The Morgan fingerprint density at radius 3 is 2.00 bits per heavy atom. The third kappa shape index (κ3) is 3.45. The summed E-state index contributed by atoms with van der Waals surface area (Å²) in [6.45, 7) is 8.24. The predicted molar refractivity (Wildman–Crippen MR) is 65.5 cm³/mol. The molecule has 0 aliphatic rings. The summed E-state index contributed by atoms with van der Waals surface area (Å²) in [5.74, 6) is 0. The first-order chi connectivity index (χ1) is 6.87. The summed E-state index contributed by atoms with van der Waals surface area (Å²) in [4.78, 5) is 0. The second kappa shape index (κ2) is 4.47. The van der Waals surface area contributed by atoms with Crippen molar-refractivity contribution < 1.29 is 8.85 Å². The van der Waals surface area contributed by atoms with Gasteiger partial charge in [0.05, 0.1) is 5.60 Å². The average Bonchev–Trinajstić information content (AvgIpc) is 2.16. The fraction of sp³-hybridized carbons (Fsp3) is 0.500. The van der Waals surface area contributed by atoms with Crippen LogP contribution in [0.5, 0.6) is 0 Å². The van der Waals surface area contributed by atoms with Crippen LogP contribution in [0, 0.1) is 0 Å². The van der Waals surface area contributed by atoms with E-state index in [9.17, 15) is 0 Å². The zero-order valence-corrected chi connectivity index (χ0v) is 11.2. The molecule has 1 unspecified atom stereocenters. The zero-order chi connectivity index (χ0) is 11.5. The lowest BCUT2D eigenvalue weighted by atomic mass is 10.2. The molecule has 0 aromatic heterocycles. The lowest BCUT2D eigenvalue weighted by Gasteiger charge is -2.33. The zero-order valence-electron chi connectivity index (χ0n) is 10.2. The van der Waals surface area contributed by atoms with Crippen molar-refractivity contribution in [2.24, 2.45) is 0 Å². The largest absolute Gasteiger partial charge is 0.394 e. The molecule has 0 fully saturated rings. The highest BCUT2D eigenvalue weighted by Gasteiger charge is 2.37. The molecule has 0 amide bonds. The van der Waals surface area contributed by atoms with E-state index in [-0.39, 0.29) is 5.60 Å². The van der Waals surface area contributed by atoms with Crippen LogP contribution in [0.4, 0.5) is 0 Å². The molecule has 0 radical (unpaired) electrons. The number of hydrogen-bond donors (Lipinski definition) is 0. The van der Waals surface area contributed by atoms with E-state index in [0.717, 1.165) is 0 Å². The van der Waals surface area contributed by atoms with Gasteiger partial charge in [0, 0.05) is 7.11 Å². The monoisotopic (exact) mass is 224 g/mol. The Bertz CT molecular complexity index is 305. The minimum Gasteiger partial charge on any atom is -0.394 e. The molecular formula is C12H20O2Si. The smallest absolute Gasteiger partial charge is 0.369 e. The fourth-order valence-corrected chi connectivity index (χ4v) is 3.95. The van der Waals surface area contributed by atoms with Gasteiger partial charge in [0.1, 0.15) is 0 Å². The van der Waals surface area contributed by atoms with Gasteiger partial charge in [-0.2, -0.15) is 0 Å². The van der Waals surface area contributed by atoms with Gasteiger partial charge in [0.2, 0.25) is 0 Å². The van der Waals surface area contributed by atoms with E-state index >= 15 is 0 Å². The molecule has 15 heavy (non-hydrogen) atoms. The summed E-state index contributed by atoms with van der Waals surface area (Å²) >= 11 is 0. The number of rotatable bonds is 3. The fourth-order valence-electron chi connectivity index (χ4n) is 1.54. The maximum Gasteiger partial charge on any atom is 0.369 e. The van der Waals surface area contributed by atoms with E-state index in [1.54, 1.807) is 7.11 Å². The molecule has 0 saturated carbocycles. The minimum atomic E-state index is -2.23. The van der Waals surface area contributed by atoms with E-state index in [1.807, 2.05) is 18.2 Å². The van der Waals surface area contributed by atoms with Crippen LogP contribution in [-0.4, -0.2) is 21.3 Å². The highest BCUT2D eigenvalue weighted by molar-refractivity contribution is 6.80. The van der Waals surface area contributed by atoms with Crippen molar-refractivity contribution in [2.75, 3.05) is 7.11 Å². The second-order valence-corrected chi connectivity index (χ2v) is 7.81. The molecule has 0 aliphatic carbocycles. The predicted octanol–water partition coefficient (Wildman–Crippen LogP) is 2.43. The topological polar surface area (TPSA) is 18.5 Å². The van der Waals surface area contributed by atoms with E-state index in [4.69, 9.17) is 8.85 Å². The average molecular weight is 224 g/mol. The molecule has 84 valence electrons. The van der Waals surface area contributed by atoms with E-state index in [1.165, 1.54) is 5.19 Å². The van der Waals surface area contributed by atoms with E-state index in [0.29, 0.717) is 0 Å². The van der Waals surface area contributed by atoms with Gasteiger partial charge in [-0.1, -0.05) is 30.3 Å². The van der Waals surface area contributed by atoms with Gasteiger partial charge in [-0.15, -0.1) is 0 Å². The molecule has 0 N–H and O–H groups in total. The first kappa shape index (κ1) is 12.4. The summed E-state index contributed by atoms with van der Waals surface area (Å²) in [7, 11) is -0.508. The second-order valence-electron chi connectivity index (χ2n) is 4.73. The first-order valence-electron chi connectivity index (χ1n) is 5.18. The van der Waals surface area contributed by atoms with Gasteiger partial charge in [-0.3, -0.25) is 0 Å². The molecule has 1 aromatic rings.